The van der Waals surface area contributed by atoms with Gasteiger partial charge in [0.15, 0.2) is 0 Å². The number of rotatable bonds is 10. The van der Waals surface area contributed by atoms with Gasteiger partial charge < -0.3 is 24.5 Å². The van der Waals surface area contributed by atoms with Gasteiger partial charge in [0.2, 0.25) is 0 Å². The normalized spacial score (nSPS) is 15.9. The number of carbonyl (C=O) groups excluding carboxylic acids is 2. The van der Waals surface area contributed by atoms with Crippen LogP contribution < -0.4 is 0 Å². The largest absolute Gasteiger partial charge is 0.469 e. The average molecular weight is 787 g/mol. The Labute approximate surface area is 344 Å². The molecule has 0 saturated carbocycles. The summed E-state index contributed by atoms with van der Waals surface area (Å²) in [5.74, 6) is -0.619. The van der Waals surface area contributed by atoms with Gasteiger partial charge in [0.1, 0.15) is 5.60 Å². The van der Waals surface area contributed by atoms with Crippen LogP contribution in [0.1, 0.15) is 89.3 Å². The van der Waals surface area contributed by atoms with E-state index < -0.39 is 5.60 Å². The summed E-state index contributed by atoms with van der Waals surface area (Å²) in [6.07, 6.45) is 8.99. The molecule has 1 atom stereocenters. The third-order valence-electron chi connectivity index (χ3n) is 11.6. The molecule has 2 aromatic carbocycles. The number of hydrogen-bond donors (Lipinski definition) is 3. The number of fused-ring (bicyclic) bond motifs is 8. The predicted molar refractivity (Wildman–Crippen MR) is 238 cm³/mol. The number of H-pyrrole nitrogens is 2. The zero-order valence-corrected chi connectivity index (χ0v) is 34.7. The van der Waals surface area contributed by atoms with E-state index in [2.05, 4.69) is 53.8 Å². The van der Waals surface area contributed by atoms with E-state index in [-0.39, 0.29) is 24.8 Å². The lowest BCUT2D eigenvalue weighted by molar-refractivity contribution is -0.141. The van der Waals surface area contributed by atoms with Crippen LogP contribution in [-0.2, 0) is 31.1 Å². The van der Waals surface area contributed by atoms with Crippen LogP contribution in [0.4, 0.5) is 0 Å². The maximum atomic E-state index is 12.5. The Balaban J connectivity index is 1.50. The van der Waals surface area contributed by atoms with Crippen LogP contribution in [0.25, 0.3) is 62.1 Å². The summed E-state index contributed by atoms with van der Waals surface area (Å²) >= 11 is 0. The van der Waals surface area contributed by atoms with Crippen LogP contribution in [0.3, 0.4) is 0 Å². The van der Waals surface area contributed by atoms with Crippen LogP contribution in [0.5, 0.6) is 0 Å². The summed E-state index contributed by atoms with van der Waals surface area (Å²) in [6, 6.07) is 24.5. The number of benzene rings is 2. The van der Waals surface area contributed by atoms with Gasteiger partial charge in [0.05, 0.1) is 37.0 Å². The monoisotopic (exact) mass is 786 g/mol. The SMILES string of the molecule is C=Cc1c(C)c2cc3nc(cc4[nH]c(cc5nc(cc1[nH]2)C(C)(O)/C5=C\C=C\c1ccccc1-c1ccccc1C)c(C)c4CCC(=O)OC)C(CCC(=O)OC)=C3C. The number of methoxy groups -OCH3 is 2. The van der Waals surface area contributed by atoms with Crippen LogP contribution in [0.2, 0.25) is 0 Å². The van der Waals surface area contributed by atoms with E-state index in [1.165, 1.54) is 19.8 Å². The number of aromatic nitrogens is 4. The number of nitrogens with one attached hydrogen (secondary N) is 2. The molecule has 5 heterocycles. The second-order valence-electron chi connectivity index (χ2n) is 15.3. The molecule has 1 unspecified atom stereocenters. The highest BCUT2D eigenvalue weighted by Crippen LogP contribution is 2.41. The lowest BCUT2D eigenvalue weighted by Crippen LogP contribution is -2.18. The summed E-state index contributed by atoms with van der Waals surface area (Å²) < 4.78 is 10.0. The minimum atomic E-state index is -1.48. The Kier molecular flexibility index (Phi) is 11.5. The lowest BCUT2D eigenvalue weighted by atomic mass is 9.91. The molecule has 0 fully saturated rings. The molecule has 9 nitrogen and oxygen atoms in total. The molecular weight excluding hydrogens is 737 g/mol. The maximum absolute atomic E-state index is 12.5. The van der Waals surface area contributed by atoms with E-state index in [1.54, 1.807) is 13.0 Å². The fraction of sp³-hybridized carbons (Fsp3) is 0.240. The molecule has 300 valence electrons. The number of hydrogen-bond acceptors (Lipinski definition) is 7. The van der Waals surface area contributed by atoms with Crippen molar-refractivity contribution in [1.82, 2.24) is 19.9 Å². The van der Waals surface area contributed by atoms with Crippen molar-refractivity contribution in [3.05, 3.63) is 148 Å². The first kappa shape index (κ1) is 40.6. The molecule has 0 aliphatic carbocycles. The molecule has 9 heteroatoms. The Morgan fingerprint density at radius 3 is 2.10 bits per heavy atom. The molecule has 0 radical (unpaired) electrons. The topological polar surface area (TPSA) is 130 Å². The first-order valence-corrected chi connectivity index (χ1v) is 19.8. The third-order valence-corrected chi connectivity index (χ3v) is 11.6. The van der Waals surface area contributed by atoms with Crippen molar-refractivity contribution < 1.29 is 24.2 Å². The molecule has 2 aliphatic heterocycles. The number of aryl methyl sites for hydroxylation is 4. The highest BCUT2D eigenvalue weighted by atomic mass is 16.5. The highest BCUT2D eigenvalue weighted by molar-refractivity contribution is 5.94. The van der Waals surface area contributed by atoms with Crippen LogP contribution in [0.15, 0.2) is 91.5 Å². The number of ether oxygens (including phenoxy) is 2. The van der Waals surface area contributed by atoms with Crippen LogP contribution in [-0.4, -0.2) is 51.2 Å². The summed E-state index contributed by atoms with van der Waals surface area (Å²) in [7, 11) is 2.78. The molecule has 59 heavy (non-hydrogen) atoms. The molecule has 0 saturated heterocycles. The Morgan fingerprint density at radius 1 is 0.763 bits per heavy atom. The van der Waals surface area contributed by atoms with Crippen molar-refractivity contribution in [2.75, 3.05) is 14.2 Å². The Morgan fingerprint density at radius 2 is 1.39 bits per heavy atom. The highest BCUT2D eigenvalue weighted by Gasteiger charge is 2.36. The number of aromatic amines is 2. The fourth-order valence-corrected chi connectivity index (χ4v) is 8.08. The quantitative estimate of drug-likeness (QED) is 0.120. The Bertz CT molecular complexity index is 2780. The zero-order valence-electron chi connectivity index (χ0n) is 34.7. The predicted octanol–water partition coefficient (Wildman–Crippen LogP) is 10.5. The molecule has 2 aliphatic rings. The molecule has 8 bridgehead atoms. The van der Waals surface area contributed by atoms with E-state index in [1.807, 2.05) is 81.5 Å². The molecule has 3 N–H and O–H groups in total. The van der Waals surface area contributed by atoms with Gasteiger partial charge in [0.25, 0.3) is 0 Å². The van der Waals surface area contributed by atoms with Gasteiger partial charge in [-0.15, -0.1) is 0 Å². The lowest BCUT2D eigenvalue weighted by Gasteiger charge is -2.18. The summed E-state index contributed by atoms with van der Waals surface area (Å²) in [5, 5.41) is 12.5. The van der Waals surface area contributed by atoms with Crippen molar-refractivity contribution >= 4 is 62.9 Å². The molecule has 7 rings (SSSR count). The van der Waals surface area contributed by atoms with E-state index in [4.69, 9.17) is 19.4 Å². The average Bonchev–Trinajstić information content (AvgIpc) is 3.87. The van der Waals surface area contributed by atoms with Gasteiger partial charge in [-0.1, -0.05) is 79.4 Å². The number of carbonyl (C=O) groups is 2. The first-order chi connectivity index (χ1) is 28.3. The molecule has 0 spiro atoms. The molecule has 5 aromatic rings. The Hall–Kier alpha value is -6.58. The van der Waals surface area contributed by atoms with Crippen molar-refractivity contribution in [3.63, 3.8) is 0 Å². The summed E-state index contributed by atoms with van der Waals surface area (Å²) in [6.45, 7) is 14.1. The van der Waals surface area contributed by atoms with Crippen molar-refractivity contribution in [3.8, 4) is 11.1 Å². The van der Waals surface area contributed by atoms with Gasteiger partial charge >= 0.3 is 11.9 Å². The van der Waals surface area contributed by atoms with Crippen LogP contribution >= 0.6 is 0 Å². The van der Waals surface area contributed by atoms with E-state index in [0.29, 0.717) is 35.5 Å². The van der Waals surface area contributed by atoms with E-state index >= 15 is 0 Å². The molecular formula is C50H50N4O5. The summed E-state index contributed by atoms with van der Waals surface area (Å²) in [5.41, 5.74) is 14.9. The van der Waals surface area contributed by atoms with Crippen LogP contribution in [0, 0.1) is 20.8 Å². The number of allylic oxidation sites excluding steroid dienone is 4. The zero-order chi connectivity index (χ0) is 42.0. The fourth-order valence-electron chi connectivity index (χ4n) is 8.08. The van der Waals surface area contributed by atoms with Gasteiger partial charge in [-0.05, 0) is 122 Å². The maximum Gasteiger partial charge on any atom is 0.305 e. The summed E-state index contributed by atoms with van der Waals surface area (Å²) in [4.78, 5) is 42.2. The minimum absolute atomic E-state index is 0.180. The number of aliphatic hydroxyl groups is 1. The van der Waals surface area contributed by atoms with Gasteiger partial charge in [-0.2, -0.15) is 0 Å². The van der Waals surface area contributed by atoms with E-state index in [0.717, 1.165) is 77.9 Å². The van der Waals surface area contributed by atoms with Gasteiger partial charge in [-0.25, -0.2) is 9.97 Å². The van der Waals surface area contributed by atoms with Crippen molar-refractivity contribution in [2.45, 2.75) is 65.9 Å². The number of esters is 2. The minimum Gasteiger partial charge on any atom is -0.469 e. The van der Waals surface area contributed by atoms with Crippen molar-refractivity contribution in [1.29, 1.82) is 0 Å². The second-order valence-corrected chi connectivity index (χ2v) is 15.3. The first-order valence-electron chi connectivity index (χ1n) is 19.8. The van der Waals surface area contributed by atoms with E-state index in [9.17, 15) is 14.7 Å². The van der Waals surface area contributed by atoms with Gasteiger partial charge in [-0.3, -0.25) is 9.59 Å². The van der Waals surface area contributed by atoms with Gasteiger partial charge in [0, 0.05) is 46.0 Å². The third kappa shape index (κ3) is 7.98. The molecule has 3 aromatic heterocycles. The van der Waals surface area contributed by atoms with Crippen molar-refractivity contribution in [2.24, 2.45) is 0 Å². The molecule has 0 amide bonds. The number of nitrogens with zero attached hydrogens (tertiary/aromatic N) is 2. The standard InChI is InChI=1S/C50H50N4O5/c1-9-34-30(3)40-25-41-31(4)36(21-23-48(55)58-7)43(51-41)27-44-37(22-24-49(56)59-8)32(5)42(52-44)26-46-39(50(6,57)47(54-46)28-45(34)53-40)20-14-17-33-16-11-13-19-38(33)35-18-12-10-15-29(35)2/h9-20,25-28,52-53,57H,1,21-24H2,2-8H3/b17-14+,39-20-,40-25?,41-25?,42-26?,43-27?,44-27?,45-28?,46-26?,47-28?. The smallest absolute Gasteiger partial charge is 0.305 e. The second kappa shape index (κ2) is 16.7.